The predicted molar refractivity (Wildman–Crippen MR) is 62.3 cm³/mol. The predicted octanol–water partition coefficient (Wildman–Crippen LogP) is -0.112. The van der Waals surface area contributed by atoms with E-state index in [2.05, 4.69) is 25.1 Å². The van der Waals surface area contributed by atoms with Gasteiger partial charge in [-0.2, -0.15) is 0 Å². The second-order valence-corrected chi connectivity index (χ2v) is 4.46. The minimum atomic E-state index is 0.629. The van der Waals surface area contributed by atoms with Crippen molar-refractivity contribution in [2.45, 2.75) is 6.04 Å². The van der Waals surface area contributed by atoms with E-state index < -0.39 is 0 Å². The van der Waals surface area contributed by atoms with E-state index in [1.165, 1.54) is 32.7 Å². The van der Waals surface area contributed by atoms with Crippen LogP contribution in [0.3, 0.4) is 0 Å². The summed E-state index contributed by atoms with van der Waals surface area (Å²) >= 11 is 0. The second-order valence-electron chi connectivity index (χ2n) is 4.46. The van der Waals surface area contributed by atoms with Gasteiger partial charge in [0, 0.05) is 57.7 Å². The van der Waals surface area contributed by atoms with Crippen LogP contribution < -0.4 is 5.32 Å². The summed E-state index contributed by atoms with van der Waals surface area (Å²) in [7, 11) is 0. The van der Waals surface area contributed by atoms with Crippen LogP contribution in [0, 0.1) is 0 Å². The first-order valence-corrected chi connectivity index (χ1v) is 5.88. The van der Waals surface area contributed by atoms with E-state index in [1.54, 1.807) is 18.6 Å². The topological polar surface area (TPSA) is 44.3 Å². The highest BCUT2D eigenvalue weighted by molar-refractivity contribution is 5.30. The number of aromatic nitrogens is 2. The summed E-state index contributed by atoms with van der Waals surface area (Å²) in [5, 5.41) is 3.36. The van der Waals surface area contributed by atoms with E-state index in [0.717, 1.165) is 12.4 Å². The Balaban J connectivity index is 1.56. The molecule has 4 heterocycles. The molecule has 1 N–H and O–H groups in total. The fraction of sp³-hybridized carbons (Fsp3) is 0.636. The van der Waals surface area contributed by atoms with Crippen LogP contribution in [0.25, 0.3) is 0 Å². The van der Waals surface area contributed by atoms with E-state index in [9.17, 15) is 0 Å². The standard InChI is InChI=1S/C11H17N5/c1-2-13-11(8-12-1)14-7-10-9-15-3-5-16(10)6-4-15/h1-2,8,10H,3-7,9H2,(H,13,14). The molecule has 3 aliphatic rings. The minimum absolute atomic E-state index is 0.629. The van der Waals surface area contributed by atoms with Gasteiger partial charge in [0.25, 0.3) is 0 Å². The Morgan fingerprint density at radius 2 is 2.12 bits per heavy atom. The van der Waals surface area contributed by atoms with Crippen molar-refractivity contribution in [2.75, 3.05) is 44.6 Å². The Kier molecular flexibility index (Phi) is 2.71. The summed E-state index contributed by atoms with van der Waals surface area (Å²) in [5.41, 5.74) is 0. The molecule has 1 aromatic rings. The maximum absolute atomic E-state index is 4.22. The zero-order valence-electron chi connectivity index (χ0n) is 9.34. The molecule has 3 aliphatic heterocycles. The lowest BCUT2D eigenvalue weighted by Gasteiger charge is -2.47. The van der Waals surface area contributed by atoms with Crippen LogP contribution in [0.5, 0.6) is 0 Å². The lowest BCUT2D eigenvalue weighted by Crippen LogP contribution is -2.62. The third-order valence-electron chi connectivity index (χ3n) is 3.47. The van der Waals surface area contributed by atoms with Crippen molar-refractivity contribution in [3.8, 4) is 0 Å². The van der Waals surface area contributed by atoms with Gasteiger partial charge in [-0.15, -0.1) is 0 Å². The normalized spacial score (nSPS) is 32.6. The number of nitrogens with one attached hydrogen (secondary N) is 1. The molecule has 1 atom stereocenters. The van der Waals surface area contributed by atoms with Gasteiger partial charge in [0.15, 0.2) is 0 Å². The molecule has 5 heteroatoms. The Morgan fingerprint density at radius 3 is 2.75 bits per heavy atom. The minimum Gasteiger partial charge on any atom is -0.367 e. The molecule has 0 spiro atoms. The lowest BCUT2D eigenvalue weighted by molar-refractivity contribution is 0.0189. The maximum atomic E-state index is 4.22. The van der Waals surface area contributed by atoms with Crippen LogP contribution in [0.15, 0.2) is 18.6 Å². The quantitative estimate of drug-likeness (QED) is 0.768. The van der Waals surface area contributed by atoms with Gasteiger partial charge in [0.1, 0.15) is 5.82 Å². The highest BCUT2D eigenvalue weighted by Gasteiger charge is 2.31. The first kappa shape index (κ1) is 9.99. The highest BCUT2D eigenvalue weighted by atomic mass is 15.3. The van der Waals surface area contributed by atoms with E-state index in [1.807, 2.05) is 0 Å². The summed E-state index contributed by atoms with van der Waals surface area (Å²) in [6.07, 6.45) is 5.19. The molecule has 16 heavy (non-hydrogen) atoms. The van der Waals surface area contributed by atoms with Gasteiger partial charge >= 0.3 is 0 Å². The number of fused-ring (bicyclic) bond motifs is 3. The van der Waals surface area contributed by atoms with Crippen molar-refractivity contribution in [1.82, 2.24) is 19.8 Å². The molecule has 86 valence electrons. The lowest BCUT2D eigenvalue weighted by atomic mass is 10.1. The van der Waals surface area contributed by atoms with Gasteiger partial charge < -0.3 is 5.32 Å². The summed E-state index contributed by atoms with van der Waals surface area (Å²) in [5.74, 6) is 0.875. The molecule has 0 saturated carbocycles. The molecule has 5 nitrogen and oxygen atoms in total. The fourth-order valence-corrected chi connectivity index (χ4v) is 2.53. The van der Waals surface area contributed by atoms with Crippen LogP contribution in [0.1, 0.15) is 0 Å². The third kappa shape index (κ3) is 2.01. The van der Waals surface area contributed by atoms with Gasteiger partial charge in [-0.05, 0) is 0 Å². The van der Waals surface area contributed by atoms with Crippen molar-refractivity contribution in [2.24, 2.45) is 0 Å². The average Bonchev–Trinajstić information content (AvgIpc) is 2.39. The first-order valence-electron chi connectivity index (χ1n) is 5.88. The van der Waals surface area contributed by atoms with Gasteiger partial charge in [0.2, 0.25) is 0 Å². The van der Waals surface area contributed by atoms with Gasteiger partial charge in [-0.25, -0.2) is 4.98 Å². The zero-order chi connectivity index (χ0) is 10.8. The summed E-state index contributed by atoms with van der Waals surface area (Å²) < 4.78 is 0. The van der Waals surface area contributed by atoms with Gasteiger partial charge in [-0.3, -0.25) is 14.8 Å². The monoisotopic (exact) mass is 219 g/mol. The molecular weight excluding hydrogens is 202 g/mol. The average molecular weight is 219 g/mol. The van der Waals surface area contributed by atoms with E-state index >= 15 is 0 Å². The summed E-state index contributed by atoms with van der Waals surface area (Å²) in [6, 6.07) is 0.629. The van der Waals surface area contributed by atoms with Crippen molar-refractivity contribution >= 4 is 5.82 Å². The number of hydrogen-bond donors (Lipinski definition) is 1. The van der Waals surface area contributed by atoms with Crippen LogP contribution in [0.2, 0.25) is 0 Å². The maximum Gasteiger partial charge on any atom is 0.144 e. The highest BCUT2D eigenvalue weighted by Crippen LogP contribution is 2.15. The van der Waals surface area contributed by atoms with Gasteiger partial charge in [0.05, 0.1) is 6.20 Å². The van der Waals surface area contributed by atoms with Crippen molar-refractivity contribution in [3.63, 3.8) is 0 Å². The Hall–Kier alpha value is -1.20. The molecule has 0 aliphatic carbocycles. The molecule has 2 bridgehead atoms. The second kappa shape index (κ2) is 4.35. The van der Waals surface area contributed by atoms with Crippen LogP contribution in [0.4, 0.5) is 5.82 Å². The first-order chi connectivity index (χ1) is 7.92. The molecule has 0 radical (unpaired) electrons. The molecule has 4 rings (SSSR count). The van der Waals surface area contributed by atoms with Crippen molar-refractivity contribution in [3.05, 3.63) is 18.6 Å². The largest absolute Gasteiger partial charge is 0.367 e. The number of piperazine rings is 3. The van der Waals surface area contributed by atoms with Gasteiger partial charge in [-0.1, -0.05) is 0 Å². The van der Waals surface area contributed by atoms with E-state index in [4.69, 9.17) is 0 Å². The third-order valence-corrected chi connectivity index (χ3v) is 3.47. The zero-order valence-corrected chi connectivity index (χ0v) is 9.34. The number of nitrogens with zero attached hydrogens (tertiary/aromatic N) is 4. The Morgan fingerprint density at radius 1 is 1.25 bits per heavy atom. The van der Waals surface area contributed by atoms with Crippen LogP contribution in [-0.2, 0) is 0 Å². The number of rotatable bonds is 3. The molecule has 1 unspecified atom stereocenters. The number of anilines is 1. The molecular formula is C11H17N5. The smallest absolute Gasteiger partial charge is 0.144 e. The molecule has 3 fully saturated rings. The SMILES string of the molecule is c1cnc(NCC2CN3CCN2CC3)cn1. The molecule has 3 saturated heterocycles. The Labute approximate surface area is 95.5 Å². The van der Waals surface area contributed by atoms with Crippen molar-refractivity contribution < 1.29 is 0 Å². The van der Waals surface area contributed by atoms with Crippen molar-refractivity contribution in [1.29, 1.82) is 0 Å². The molecule has 1 aromatic heterocycles. The van der Waals surface area contributed by atoms with E-state index in [0.29, 0.717) is 6.04 Å². The Bertz CT molecular complexity index is 333. The number of hydrogen-bond acceptors (Lipinski definition) is 5. The summed E-state index contributed by atoms with van der Waals surface area (Å²) in [6.45, 7) is 7.06. The van der Waals surface area contributed by atoms with E-state index in [-0.39, 0.29) is 0 Å². The molecule has 0 aromatic carbocycles. The summed E-state index contributed by atoms with van der Waals surface area (Å²) in [4.78, 5) is 13.4. The fourth-order valence-electron chi connectivity index (χ4n) is 2.53. The molecule has 0 amide bonds. The van der Waals surface area contributed by atoms with Crippen LogP contribution in [-0.4, -0.2) is 65.1 Å². The van der Waals surface area contributed by atoms with Crippen LogP contribution >= 0.6 is 0 Å².